The summed E-state index contributed by atoms with van der Waals surface area (Å²) in [6, 6.07) is 16.8. The molecular formula is C20H17N3O2S. The number of rotatable bonds is 6. The standard InChI is InChI=1S/C20H17N3O2S/c1-25-17-7-4-6-14(11-17)20-22-16(13-26-20)9-10-19(24)23-18-8-3-2-5-15(18)12-21/h2-8,11,13H,9-10H2,1H3,(H,23,24). The van der Waals surface area contributed by atoms with Crippen LogP contribution in [-0.2, 0) is 11.2 Å². The van der Waals surface area contributed by atoms with Crippen molar-refractivity contribution in [2.45, 2.75) is 12.8 Å². The molecule has 6 heteroatoms. The van der Waals surface area contributed by atoms with E-state index in [0.717, 1.165) is 22.0 Å². The van der Waals surface area contributed by atoms with Crippen molar-refractivity contribution in [3.63, 3.8) is 0 Å². The molecular weight excluding hydrogens is 346 g/mol. The van der Waals surface area contributed by atoms with E-state index in [0.29, 0.717) is 24.1 Å². The number of amides is 1. The van der Waals surface area contributed by atoms with Crippen LogP contribution in [0.4, 0.5) is 5.69 Å². The van der Waals surface area contributed by atoms with Crippen LogP contribution in [0.15, 0.2) is 53.9 Å². The maximum absolute atomic E-state index is 12.2. The summed E-state index contributed by atoms with van der Waals surface area (Å²) in [4.78, 5) is 16.8. The molecule has 1 N–H and O–H groups in total. The molecule has 3 rings (SSSR count). The number of nitrogens with zero attached hydrogens (tertiary/aromatic N) is 2. The first-order valence-electron chi connectivity index (χ1n) is 8.07. The van der Waals surface area contributed by atoms with E-state index in [-0.39, 0.29) is 5.91 Å². The van der Waals surface area contributed by atoms with Crippen LogP contribution < -0.4 is 10.1 Å². The summed E-state index contributed by atoms with van der Waals surface area (Å²) in [5, 5.41) is 14.7. The van der Waals surface area contributed by atoms with Gasteiger partial charge < -0.3 is 10.1 Å². The molecule has 0 saturated carbocycles. The predicted molar refractivity (Wildman–Crippen MR) is 102 cm³/mol. The first-order chi connectivity index (χ1) is 12.7. The second-order valence-electron chi connectivity index (χ2n) is 5.58. The summed E-state index contributed by atoms with van der Waals surface area (Å²) in [7, 11) is 1.63. The van der Waals surface area contributed by atoms with E-state index in [2.05, 4.69) is 16.4 Å². The number of hydrogen-bond acceptors (Lipinski definition) is 5. The molecule has 0 saturated heterocycles. The predicted octanol–water partition coefficient (Wildman–Crippen LogP) is 4.26. The van der Waals surface area contributed by atoms with Crippen LogP contribution in [0.1, 0.15) is 17.7 Å². The van der Waals surface area contributed by atoms with Gasteiger partial charge in [-0.3, -0.25) is 4.79 Å². The third-order valence-corrected chi connectivity index (χ3v) is 4.74. The number of ether oxygens (including phenoxy) is 1. The van der Waals surface area contributed by atoms with Crippen molar-refractivity contribution in [2.24, 2.45) is 0 Å². The molecule has 0 atom stereocenters. The third kappa shape index (κ3) is 4.26. The number of nitriles is 1. The van der Waals surface area contributed by atoms with Gasteiger partial charge in [-0.25, -0.2) is 4.98 Å². The zero-order valence-electron chi connectivity index (χ0n) is 14.2. The average Bonchev–Trinajstić information content (AvgIpc) is 3.16. The van der Waals surface area contributed by atoms with Crippen LogP contribution >= 0.6 is 11.3 Å². The summed E-state index contributed by atoms with van der Waals surface area (Å²) in [5.74, 6) is 0.651. The van der Waals surface area contributed by atoms with Crippen molar-refractivity contribution < 1.29 is 9.53 Å². The Morgan fingerprint density at radius 1 is 1.27 bits per heavy atom. The molecule has 2 aromatic carbocycles. The van der Waals surface area contributed by atoms with E-state index in [4.69, 9.17) is 10.00 Å². The number of methoxy groups -OCH3 is 1. The van der Waals surface area contributed by atoms with Gasteiger partial charge in [-0.15, -0.1) is 11.3 Å². The molecule has 0 aliphatic heterocycles. The van der Waals surface area contributed by atoms with E-state index in [1.54, 1.807) is 42.7 Å². The molecule has 0 fully saturated rings. The highest BCUT2D eigenvalue weighted by atomic mass is 32.1. The fraction of sp³-hybridized carbons (Fsp3) is 0.150. The van der Waals surface area contributed by atoms with Crippen LogP contribution in [0.5, 0.6) is 5.75 Å². The lowest BCUT2D eigenvalue weighted by Gasteiger charge is -2.06. The van der Waals surface area contributed by atoms with Gasteiger partial charge in [-0.2, -0.15) is 5.26 Å². The van der Waals surface area contributed by atoms with Crippen molar-refractivity contribution in [1.29, 1.82) is 5.26 Å². The number of benzene rings is 2. The maximum atomic E-state index is 12.2. The lowest BCUT2D eigenvalue weighted by atomic mass is 10.2. The molecule has 26 heavy (non-hydrogen) atoms. The van der Waals surface area contributed by atoms with Crippen LogP contribution in [0.25, 0.3) is 10.6 Å². The summed E-state index contributed by atoms with van der Waals surface area (Å²) in [5.41, 5.74) is 2.86. The third-order valence-electron chi connectivity index (χ3n) is 3.80. The van der Waals surface area contributed by atoms with Crippen LogP contribution in [0.2, 0.25) is 0 Å². The first kappa shape index (κ1) is 17.6. The van der Waals surface area contributed by atoms with E-state index < -0.39 is 0 Å². The Kier molecular flexibility index (Phi) is 5.62. The molecule has 1 heterocycles. The Balaban J connectivity index is 1.61. The zero-order valence-corrected chi connectivity index (χ0v) is 15.0. The Labute approximate surface area is 155 Å². The van der Waals surface area contributed by atoms with Gasteiger partial charge in [-0.05, 0) is 30.7 Å². The van der Waals surface area contributed by atoms with E-state index in [9.17, 15) is 4.79 Å². The number of anilines is 1. The summed E-state index contributed by atoms with van der Waals surface area (Å²) < 4.78 is 5.24. The Morgan fingerprint density at radius 2 is 2.12 bits per heavy atom. The largest absolute Gasteiger partial charge is 0.497 e. The van der Waals surface area contributed by atoms with Gasteiger partial charge in [0.05, 0.1) is 24.1 Å². The topological polar surface area (TPSA) is 75.0 Å². The van der Waals surface area contributed by atoms with Gasteiger partial charge in [0.25, 0.3) is 0 Å². The van der Waals surface area contributed by atoms with E-state index in [1.165, 1.54) is 0 Å². The normalized spacial score (nSPS) is 10.2. The monoisotopic (exact) mass is 363 g/mol. The number of hydrogen-bond donors (Lipinski definition) is 1. The minimum Gasteiger partial charge on any atom is -0.497 e. The molecule has 0 unspecified atom stereocenters. The number of carbonyl (C=O) groups is 1. The minimum absolute atomic E-state index is 0.136. The fourth-order valence-corrected chi connectivity index (χ4v) is 3.31. The number of aromatic nitrogens is 1. The quantitative estimate of drug-likeness (QED) is 0.710. The van der Waals surface area contributed by atoms with Gasteiger partial charge in [0.1, 0.15) is 16.8 Å². The van der Waals surface area contributed by atoms with Crippen molar-refractivity contribution in [3.8, 4) is 22.4 Å². The number of para-hydroxylation sites is 1. The molecule has 0 aliphatic carbocycles. The van der Waals surface area contributed by atoms with Crippen molar-refractivity contribution in [2.75, 3.05) is 12.4 Å². The van der Waals surface area contributed by atoms with Gasteiger partial charge >= 0.3 is 0 Å². The molecule has 0 radical (unpaired) electrons. The highest BCUT2D eigenvalue weighted by Gasteiger charge is 2.10. The van der Waals surface area contributed by atoms with Crippen LogP contribution in [0, 0.1) is 11.3 Å². The van der Waals surface area contributed by atoms with E-state index in [1.807, 2.05) is 29.6 Å². The van der Waals surface area contributed by atoms with Gasteiger partial charge in [0.15, 0.2) is 0 Å². The van der Waals surface area contributed by atoms with E-state index >= 15 is 0 Å². The Hall–Kier alpha value is -3.17. The molecule has 1 amide bonds. The second-order valence-corrected chi connectivity index (χ2v) is 6.44. The van der Waals surface area contributed by atoms with Gasteiger partial charge in [-0.1, -0.05) is 24.3 Å². The van der Waals surface area contributed by atoms with Crippen LogP contribution in [0.3, 0.4) is 0 Å². The highest BCUT2D eigenvalue weighted by molar-refractivity contribution is 7.13. The highest BCUT2D eigenvalue weighted by Crippen LogP contribution is 2.27. The number of nitrogens with one attached hydrogen (secondary N) is 1. The summed E-state index contributed by atoms with van der Waals surface area (Å²) in [6.45, 7) is 0. The Morgan fingerprint density at radius 3 is 2.92 bits per heavy atom. The number of thiazole rings is 1. The van der Waals surface area contributed by atoms with Crippen molar-refractivity contribution in [3.05, 3.63) is 65.2 Å². The fourth-order valence-electron chi connectivity index (χ4n) is 2.45. The lowest BCUT2D eigenvalue weighted by Crippen LogP contribution is -2.13. The molecule has 0 bridgehead atoms. The van der Waals surface area contributed by atoms with Crippen molar-refractivity contribution >= 4 is 22.9 Å². The Bertz CT molecular complexity index is 959. The number of carbonyl (C=O) groups excluding carboxylic acids is 1. The maximum Gasteiger partial charge on any atom is 0.224 e. The molecule has 5 nitrogen and oxygen atoms in total. The zero-order chi connectivity index (χ0) is 18.4. The second kappa shape index (κ2) is 8.28. The molecule has 3 aromatic rings. The van der Waals surface area contributed by atoms with Gasteiger partial charge in [0, 0.05) is 17.4 Å². The average molecular weight is 363 g/mol. The molecule has 1 aromatic heterocycles. The number of aryl methyl sites for hydroxylation is 1. The van der Waals surface area contributed by atoms with Crippen molar-refractivity contribution in [1.82, 2.24) is 4.98 Å². The van der Waals surface area contributed by atoms with Crippen LogP contribution in [-0.4, -0.2) is 18.0 Å². The molecule has 0 aliphatic rings. The summed E-state index contributed by atoms with van der Waals surface area (Å²) >= 11 is 1.54. The smallest absolute Gasteiger partial charge is 0.224 e. The lowest BCUT2D eigenvalue weighted by molar-refractivity contribution is -0.116. The summed E-state index contributed by atoms with van der Waals surface area (Å²) in [6.07, 6.45) is 0.849. The molecule has 130 valence electrons. The van der Waals surface area contributed by atoms with Gasteiger partial charge in [0.2, 0.25) is 5.91 Å². The first-order valence-corrected chi connectivity index (χ1v) is 8.95. The molecule has 0 spiro atoms. The minimum atomic E-state index is -0.136. The SMILES string of the molecule is COc1cccc(-c2nc(CCC(=O)Nc3ccccc3C#N)cs2)c1.